The molecule has 1 amide bonds. The number of nitrogens with zero attached hydrogens (tertiary/aromatic N) is 2. The van der Waals surface area contributed by atoms with Gasteiger partial charge in [0.05, 0.1) is 5.92 Å². The van der Waals surface area contributed by atoms with Gasteiger partial charge >= 0.3 is 0 Å². The smallest absolute Gasteiger partial charge is 0.227 e. The van der Waals surface area contributed by atoms with Gasteiger partial charge in [0.15, 0.2) is 0 Å². The van der Waals surface area contributed by atoms with Gasteiger partial charge in [-0.3, -0.25) is 9.69 Å². The van der Waals surface area contributed by atoms with Crippen molar-refractivity contribution in [1.29, 1.82) is 0 Å². The summed E-state index contributed by atoms with van der Waals surface area (Å²) in [6.07, 6.45) is 4.33. The molecule has 2 unspecified atom stereocenters. The van der Waals surface area contributed by atoms with Crippen LogP contribution >= 0.6 is 0 Å². The van der Waals surface area contributed by atoms with Crippen LogP contribution in [0.3, 0.4) is 0 Å². The topological polar surface area (TPSA) is 49.6 Å². The molecule has 17 heavy (non-hydrogen) atoms. The second kappa shape index (κ2) is 5.83. The predicted octanol–water partition coefficient (Wildman–Crippen LogP) is 0.668. The van der Waals surface area contributed by atoms with Crippen molar-refractivity contribution in [1.82, 2.24) is 9.80 Å². The number of hydrogen-bond acceptors (Lipinski definition) is 3. The molecule has 1 saturated carbocycles. The third-order valence-electron chi connectivity index (χ3n) is 4.11. The van der Waals surface area contributed by atoms with Gasteiger partial charge in [0.2, 0.25) is 5.91 Å². The van der Waals surface area contributed by atoms with Crippen molar-refractivity contribution in [2.24, 2.45) is 11.7 Å². The maximum Gasteiger partial charge on any atom is 0.227 e. The van der Waals surface area contributed by atoms with Gasteiger partial charge in [-0.05, 0) is 25.8 Å². The highest BCUT2D eigenvalue weighted by atomic mass is 16.2. The minimum absolute atomic E-state index is 0.104. The van der Waals surface area contributed by atoms with Gasteiger partial charge in [-0.2, -0.15) is 0 Å². The van der Waals surface area contributed by atoms with E-state index in [9.17, 15) is 4.79 Å². The Bertz CT molecular complexity index is 261. The van der Waals surface area contributed by atoms with Gasteiger partial charge in [-0.1, -0.05) is 13.3 Å². The summed E-state index contributed by atoms with van der Waals surface area (Å²) in [7, 11) is 0. The molecule has 1 aliphatic heterocycles. The number of piperazine rings is 1. The molecule has 0 spiro atoms. The van der Waals surface area contributed by atoms with E-state index in [4.69, 9.17) is 5.73 Å². The molecule has 0 radical (unpaired) electrons. The van der Waals surface area contributed by atoms with Crippen LogP contribution in [0.4, 0.5) is 0 Å². The Hall–Kier alpha value is -0.610. The molecule has 2 aliphatic rings. The zero-order chi connectivity index (χ0) is 12.3. The summed E-state index contributed by atoms with van der Waals surface area (Å²) in [5, 5.41) is 0. The van der Waals surface area contributed by atoms with Crippen LogP contribution in [0.1, 0.15) is 32.6 Å². The molecular weight excluding hydrogens is 214 g/mol. The molecule has 1 heterocycles. The Morgan fingerprint density at radius 2 is 1.94 bits per heavy atom. The number of rotatable bonds is 3. The molecule has 0 aromatic rings. The summed E-state index contributed by atoms with van der Waals surface area (Å²) in [5.41, 5.74) is 6.00. The van der Waals surface area contributed by atoms with E-state index in [1.807, 2.05) is 4.90 Å². The highest BCUT2D eigenvalue weighted by Crippen LogP contribution is 2.26. The van der Waals surface area contributed by atoms with Crippen molar-refractivity contribution in [3.05, 3.63) is 0 Å². The number of amides is 1. The molecule has 4 heteroatoms. The van der Waals surface area contributed by atoms with Crippen molar-refractivity contribution < 1.29 is 4.79 Å². The van der Waals surface area contributed by atoms with E-state index in [1.54, 1.807) is 0 Å². The molecule has 2 fully saturated rings. The highest BCUT2D eigenvalue weighted by Gasteiger charge is 2.34. The monoisotopic (exact) mass is 239 g/mol. The van der Waals surface area contributed by atoms with Crippen LogP contribution in [0.5, 0.6) is 0 Å². The Labute approximate surface area is 104 Å². The lowest BCUT2D eigenvalue weighted by atomic mass is 10.0. The number of hydrogen-bond donors (Lipinski definition) is 1. The Kier molecular flexibility index (Phi) is 4.40. The van der Waals surface area contributed by atoms with Gasteiger partial charge in [0.25, 0.3) is 0 Å². The largest absolute Gasteiger partial charge is 0.340 e. The quantitative estimate of drug-likeness (QED) is 0.787. The molecule has 0 bridgehead atoms. The third-order valence-corrected chi connectivity index (χ3v) is 4.11. The van der Waals surface area contributed by atoms with Gasteiger partial charge in [-0.25, -0.2) is 0 Å². The first-order valence-corrected chi connectivity index (χ1v) is 6.99. The molecule has 0 aromatic heterocycles. The van der Waals surface area contributed by atoms with Crippen molar-refractivity contribution in [2.75, 3.05) is 32.7 Å². The normalized spacial score (nSPS) is 30.8. The summed E-state index contributed by atoms with van der Waals surface area (Å²) in [4.78, 5) is 16.8. The molecule has 0 aromatic carbocycles. The molecule has 2 N–H and O–H groups in total. The van der Waals surface area contributed by atoms with Crippen LogP contribution in [0.2, 0.25) is 0 Å². The first-order chi connectivity index (χ1) is 8.22. The van der Waals surface area contributed by atoms with Crippen molar-refractivity contribution in [2.45, 2.75) is 38.6 Å². The maximum absolute atomic E-state index is 12.3. The van der Waals surface area contributed by atoms with E-state index >= 15 is 0 Å². The van der Waals surface area contributed by atoms with Gasteiger partial charge in [0, 0.05) is 32.2 Å². The Morgan fingerprint density at radius 3 is 2.47 bits per heavy atom. The fraction of sp³-hybridized carbons (Fsp3) is 0.923. The number of carbonyl (C=O) groups is 1. The molecule has 2 rings (SSSR count). The van der Waals surface area contributed by atoms with Crippen molar-refractivity contribution in [3.8, 4) is 0 Å². The van der Waals surface area contributed by atoms with E-state index in [1.165, 1.54) is 6.42 Å². The van der Waals surface area contributed by atoms with Crippen LogP contribution in [-0.4, -0.2) is 54.5 Å². The average molecular weight is 239 g/mol. The van der Waals surface area contributed by atoms with Crippen LogP contribution in [-0.2, 0) is 4.79 Å². The summed E-state index contributed by atoms with van der Waals surface area (Å²) in [5.74, 6) is 0.416. The summed E-state index contributed by atoms with van der Waals surface area (Å²) in [6.45, 7) is 7.20. The van der Waals surface area contributed by atoms with Crippen LogP contribution in [0.25, 0.3) is 0 Å². The Morgan fingerprint density at radius 1 is 1.24 bits per heavy atom. The van der Waals surface area contributed by atoms with Gasteiger partial charge < -0.3 is 10.6 Å². The summed E-state index contributed by atoms with van der Waals surface area (Å²) >= 11 is 0. The predicted molar refractivity (Wildman–Crippen MR) is 68.6 cm³/mol. The molecule has 1 aliphatic carbocycles. The first kappa shape index (κ1) is 12.8. The average Bonchev–Trinajstić information content (AvgIpc) is 2.76. The second-order valence-corrected chi connectivity index (χ2v) is 5.37. The van der Waals surface area contributed by atoms with Gasteiger partial charge in [-0.15, -0.1) is 0 Å². The number of nitrogens with two attached hydrogens (primary N) is 1. The fourth-order valence-corrected chi connectivity index (χ4v) is 3.04. The molecule has 2 atom stereocenters. The molecule has 1 saturated heterocycles. The van der Waals surface area contributed by atoms with E-state index < -0.39 is 0 Å². The third kappa shape index (κ3) is 2.99. The minimum Gasteiger partial charge on any atom is -0.340 e. The van der Waals surface area contributed by atoms with E-state index in [-0.39, 0.29) is 12.0 Å². The minimum atomic E-state index is 0.104. The second-order valence-electron chi connectivity index (χ2n) is 5.37. The summed E-state index contributed by atoms with van der Waals surface area (Å²) < 4.78 is 0. The van der Waals surface area contributed by atoms with Crippen molar-refractivity contribution >= 4 is 5.91 Å². The lowest BCUT2D eigenvalue weighted by Gasteiger charge is -2.36. The fourth-order valence-electron chi connectivity index (χ4n) is 3.04. The standard InChI is InChI=1S/C13H25N3O/c1-2-6-15-7-9-16(10-8-15)13(17)11-4-3-5-12(11)14/h11-12H,2-10,14H2,1H3. The van der Waals surface area contributed by atoms with Crippen LogP contribution in [0, 0.1) is 5.92 Å². The zero-order valence-corrected chi connectivity index (χ0v) is 10.9. The summed E-state index contributed by atoms with van der Waals surface area (Å²) in [6, 6.07) is 0.108. The zero-order valence-electron chi connectivity index (χ0n) is 10.9. The van der Waals surface area contributed by atoms with Crippen LogP contribution in [0.15, 0.2) is 0 Å². The maximum atomic E-state index is 12.3. The molecule has 4 nitrogen and oxygen atoms in total. The number of carbonyl (C=O) groups excluding carboxylic acids is 1. The lowest BCUT2D eigenvalue weighted by Crippen LogP contribution is -2.51. The Balaban J connectivity index is 1.82. The lowest BCUT2D eigenvalue weighted by molar-refractivity contribution is -0.137. The van der Waals surface area contributed by atoms with E-state index in [0.717, 1.165) is 52.0 Å². The molecule has 98 valence electrons. The molecular formula is C13H25N3O. The SMILES string of the molecule is CCCN1CCN(C(=O)C2CCCC2N)CC1. The highest BCUT2D eigenvalue weighted by molar-refractivity contribution is 5.80. The van der Waals surface area contributed by atoms with E-state index in [0.29, 0.717) is 5.91 Å². The van der Waals surface area contributed by atoms with Gasteiger partial charge in [0.1, 0.15) is 0 Å². The van der Waals surface area contributed by atoms with Crippen LogP contribution < -0.4 is 5.73 Å². The first-order valence-electron chi connectivity index (χ1n) is 6.99. The van der Waals surface area contributed by atoms with Crippen molar-refractivity contribution in [3.63, 3.8) is 0 Å². The van der Waals surface area contributed by atoms with E-state index in [2.05, 4.69) is 11.8 Å².